The lowest BCUT2D eigenvalue weighted by atomic mass is 10.0. The van der Waals surface area contributed by atoms with Crippen molar-refractivity contribution < 1.29 is 27.5 Å². The third-order valence-electron chi connectivity index (χ3n) is 7.55. The first-order valence-corrected chi connectivity index (χ1v) is 16.8. The van der Waals surface area contributed by atoms with Crippen molar-refractivity contribution in [3.05, 3.63) is 66.4 Å². The normalized spacial score (nSPS) is 17.0. The minimum Gasteiger partial charge on any atom is -0.458 e. The molecular weight excluding hydrogens is 596 g/mol. The van der Waals surface area contributed by atoms with Crippen LogP contribution in [0.25, 0.3) is 10.9 Å². The number of unbranched alkanes of at least 4 members (excludes halogenated alkanes) is 1. The van der Waals surface area contributed by atoms with Gasteiger partial charge in [-0.05, 0) is 70.3 Å². The van der Waals surface area contributed by atoms with Gasteiger partial charge in [0.05, 0.1) is 4.90 Å². The Labute approximate surface area is 264 Å². The van der Waals surface area contributed by atoms with Gasteiger partial charge in [-0.25, -0.2) is 18.0 Å². The fourth-order valence-corrected chi connectivity index (χ4v) is 7.03. The average Bonchev–Trinajstić information content (AvgIpc) is 3.42. The highest BCUT2D eigenvalue weighted by molar-refractivity contribution is 7.92. The van der Waals surface area contributed by atoms with E-state index in [0.717, 1.165) is 16.5 Å². The van der Waals surface area contributed by atoms with E-state index in [9.17, 15) is 22.8 Å². The van der Waals surface area contributed by atoms with Gasteiger partial charge in [-0.1, -0.05) is 36.4 Å². The van der Waals surface area contributed by atoms with E-state index in [1.54, 1.807) is 45.2 Å². The summed E-state index contributed by atoms with van der Waals surface area (Å²) in [6, 6.07) is 12.8. The number of piperazine rings is 1. The second kappa shape index (κ2) is 14.9. The fourth-order valence-electron chi connectivity index (χ4n) is 5.30. The summed E-state index contributed by atoms with van der Waals surface area (Å²) in [5, 5.41) is 8.36. The average molecular weight is 641 g/mol. The summed E-state index contributed by atoms with van der Waals surface area (Å²) < 4.78 is 32.7. The van der Waals surface area contributed by atoms with E-state index in [-0.39, 0.29) is 24.4 Å². The first-order valence-electron chi connectivity index (χ1n) is 15.3. The van der Waals surface area contributed by atoms with Crippen molar-refractivity contribution in [3.8, 4) is 0 Å². The smallest absolute Gasteiger partial charge is 0.329 e. The van der Waals surface area contributed by atoms with E-state index in [1.165, 1.54) is 17.0 Å². The lowest BCUT2D eigenvalue weighted by Crippen LogP contribution is -2.62. The number of ether oxygens (including phenoxy) is 1. The zero-order valence-corrected chi connectivity index (χ0v) is 26.9. The molecule has 3 atom stereocenters. The minimum atomic E-state index is -3.93. The molecule has 4 rings (SSSR count). The number of hydrogen-bond donors (Lipinski definition) is 5. The minimum absolute atomic E-state index is 0.0336. The molecule has 0 bridgehead atoms. The molecule has 1 aromatic heterocycles. The Morgan fingerprint density at radius 2 is 1.73 bits per heavy atom. The molecule has 6 N–H and O–H groups in total. The number of amides is 3. The first kappa shape index (κ1) is 33.9. The predicted molar refractivity (Wildman–Crippen MR) is 172 cm³/mol. The number of para-hydroxylation sites is 1. The highest BCUT2D eigenvalue weighted by Crippen LogP contribution is 2.22. The molecule has 1 aliphatic rings. The zero-order chi connectivity index (χ0) is 32.6. The Kier molecular flexibility index (Phi) is 11.2. The Hall–Kier alpha value is -3.94. The van der Waals surface area contributed by atoms with Gasteiger partial charge in [0.2, 0.25) is 15.7 Å². The lowest BCUT2D eigenvalue weighted by molar-refractivity contribution is -0.159. The van der Waals surface area contributed by atoms with Crippen LogP contribution in [0, 0.1) is 0 Å². The number of rotatable bonds is 12. The van der Waals surface area contributed by atoms with E-state index in [0.29, 0.717) is 32.4 Å². The van der Waals surface area contributed by atoms with Gasteiger partial charge in [-0.2, -0.15) is 0 Å². The van der Waals surface area contributed by atoms with Gasteiger partial charge in [0.1, 0.15) is 17.7 Å². The van der Waals surface area contributed by atoms with Crippen LogP contribution in [0.1, 0.15) is 45.6 Å². The van der Waals surface area contributed by atoms with Gasteiger partial charge < -0.3 is 36.3 Å². The summed E-state index contributed by atoms with van der Waals surface area (Å²) in [5.74, 6) is -1.17. The van der Waals surface area contributed by atoms with Gasteiger partial charge >= 0.3 is 12.0 Å². The molecule has 3 aromatic rings. The van der Waals surface area contributed by atoms with Gasteiger partial charge in [0, 0.05) is 43.2 Å². The number of nitrogens with zero attached hydrogens (tertiary/aromatic N) is 1. The summed E-state index contributed by atoms with van der Waals surface area (Å²) in [7, 11) is -3.93. The quantitative estimate of drug-likeness (QED) is 0.148. The molecule has 244 valence electrons. The van der Waals surface area contributed by atoms with Gasteiger partial charge in [0.15, 0.2) is 5.37 Å². The monoisotopic (exact) mass is 640 g/mol. The number of carbonyl (C=O) groups excluding carboxylic acids is 3. The molecule has 1 saturated heterocycles. The Bertz CT molecular complexity index is 1570. The number of nitrogens with two attached hydrogens (primary N) is 1. The number of benzene rings is 2. The number of hydrogen-bond acceptors (Lipinski definition) is 8. The van der Waals surface area contributed by atoms with Crippen LogP contribution < -0.4 is 21.7 Å². The fraction of sp³-hybridized carbons (Fsp3) is 0.469. The SMILES string of the molecule is CC(C)(C)OC(=O)C(CCCCN)NC(=O)C(Cc1c[nH]c2ccccc12)NC(=O)N1CCNCC1S(=O)(=O)c1ccccc1. The number of sulfone groups is 1. The van der Waals surface area contributed by atoms with Crippen LogP contribution in [0.5, 0.6) is 0 Å². The van der Waals surface area contributed by atoms with Crippen LogP contribution >= 0.6 is 0 Å². The largest absolute Gasteiger partial charge is 0.458 e. The molecule has 0 radical (unpaired) electrons. The Balaban J connectivity index is 1.61. The molecule has 0 spiro atoms. The van der Waals surface area contributed by atoms with Crippen LogP contribution in [0.2, 0.25) is 0 Å². The maximum absolute atomic E-state index is 13.9. The maximum Gasteiger partial charge on any atom is 0.329 e. The number of H-pyrrole nitrogens is 1. The van der Waals surface area contributed by atoms with Crippen LogP contribution in [0.3, 0.4) is 0 Å². The van der Waals surface area contributed by atoms with Crippen molar-refractivity contribution in [1.29, 1.82) is 0 Å². The van der Waals surface area contributed by atoms with Crippen molar-refractivity contribution in [3.63, 3.8) is 0 Å². The summed E-state index contributed by atoms with van der Waals surface area (Å²) in [6.45, 7) is 6.21. The molecule has 1 aliphatic heterocycles. The van der Waals surface area contributed by atoms with E-state index in [1.807, 2.05) is 24.3 Å². The van der Waals surface area contributed by atoms with Crippen molar-refractivity contribution in [2.45, 2.75) is 74.4 Å². The molecule has 12 nitrogen and oxygen atoms in total. The number of fused-ring (bicyclic) bond motifs is 1. The second-order valence-corrected chi connectivity index (χ2v) is 14.3. The molecule has 3 unspecified atom stereocenters. The molecule has 2 aromatic carbocycles. The predicted octanol–water partition coefficient (Wildman–Crippen LogP) is 2.45. The summed E-state index contributed by atoms with van der Waals surface area (Å²) in [5.41, 5.74) is 6.53. The molecular formula is C32H44N6O6S. The number of aromatic nitrogens is 1. The third kappa shape index (κ3) is 8.83. The van der Waals surface area contributed by atoms with E-state index < -0.39 is 50.8 Å². The van der Waals surface area contributed by atoms with Crippen molar-refractivity contribution >= 4 is 38.6 Å². The molecule has 13 heteroatoms. The topological polar surface area (TPSA) is 176 Å². The van der Waals surface area contributed by atoms with Gasteiger partial charge in [0.25, 0.3) is 0 Å². The molecule has 0 saturated carbocycles. The van der Waals surface area contributed by atoms with Crippen molar-refractivity contribution in [2.24, 2.45) is 5.73 Å². The highest BCUT2D eigenvalue weighted by Gasteiger charge is 2.39. The number of esters is 1. The zero-order valence-electron chi connectivity index (χ0n) is 26.0. The molecule has 2 heterocycles. The van der Waals surface area contributed by atoms with Crippen molar-refractivity contribution in [1.82, 2.24) is 25.8 Å². The van der Waals surface area contributed by atoms with Gasteiger partial charge in [-0.3, -0.25) is 4.79 Å². The van der Waals surface area contributed by atoms with Gasteiger partial charge in [-0.15, -0.1) is 0 Å². The van der Waals surface area contributed by atoms with Crippen LogP contribution in [-0.4, -0.2) is 85.4 Å². The number of nitrogens with one attached hydrogen (secondary N) is 4. The molecule has 1 fully saturated rings. The Morgan fingerprint density at radius 1 is 1.02 bits per heavy atom. The number of carbonyl (C=O) groups is 3. The molecule has 3 amide bonds. The second-order valence-electron chi connectivity index (χ2n) is 12.2. The standard InChI is InChI=1S/C32H44N6O6S/c1-32(2,3)44-30(40)26(15-9-10-16-33)36-29(39)27(19-22-20-35-25-14-8-7-13-24(22)25)37-31(41)38-18-17-34-21-28(38)45(42,43)23-11-5-4-6-12-23/h4-8,11-14,20,26-28,34-35H,9-10,15-19,21,33H2,1-3H3,(H,36,39)(H,37,41). The molecule has 45 heavy (non-hydrogen) atoms. The summed E-state index contributed by atoms with van der Waals surface area (Å²) >= 11 is 0. The summed E-state index contributed by atoms with van der Waals surface area (Å²) in [4.78, 5) is 45.4. The van der Waals surface area contributed by atoms with Crippen molar-refractivity contribution in [2.75, 3.05) is 26.2 Å². The molecule has 0 aliphatic carbocycles. The van der Waals surface area contributed by atoms with E-state index >= 15 is 0 Å². The Morgan fingerprint density at radius 3 is 2.44 bits per heavy atom. The van der Waals surface area contributed by atoms with E-state index in [4.69, 9.17) is 10.5 Å². The number of aromatic amines is 1. The third-order valence-corrected chi connectivity index (χ3v) is 9.62. The van der Waals surface area contributed by atoms with E-state index in [2.05, 4.69) is 20.9 Å². The maximum atomic E-state index is 13.9. The first-order chi connectivity index (χ1) is 21.4. The summed E-state index contributed by atoms with van der Waals surface area (Å²) in [6.07, 6.45) is 3.41. The lowest BCUT2D eigenvalue weighted by Gasteiger charge is -2.36. The van der Waals surface area contributed by atoms with Crippen LogP contribution in [0.4, 0.5) is 4.79 Å². The number of urea groups is 1. The van der Waals surface area contributed by atoms with Crippen LogP contribution in [0.15, 0.2) is 65.7 Å². The highest BCUT2D eigenvalue weighted by atomic mass is 32.2. The van der Waals surface area contributed by atoms with Crippen LogP contribution in [-0.2, 0) is 30.6 Å².